The first-order chi connectivity index (χ1) is 10.2. The molecule has 0 saturated heterocycles. The lowest BCUT2D eigenvalue weighted by atomic mass is 10.0. The van der Waals surface area contributed by atoms with Crippen LogP contribution in [0.1, 0.15) is 41.8 Å². The van der Waals surface area contributed by atoms with E-state index in [0.29, 0.717) is 0 Å². The zero-order chi connectivity index (χ0) is 15.1. The molecule has 0 fully saturated rings. The Kier molecular flexibility index (Phi) is 6.21. The van der Waals surface area contributed by atoms with Crippen molar-refractivity contribution in [1.82, 2.24) is 10.6 Å². The summed E-state index contributed by atoms with van der Waals surface area (Å²) in [4.78, 5) is 1.28. The topological polar surface area (TPSA) is 24.1 Å². The highest BCUT2D eigenvalue weighted by atomic mass is 32.1. The minimum atomic E-state index is 0.118. The first-order valence-electron chi connectivity index (χ1n) is 7.35. The molecule has 21 heavy (non-hydrogen) atoms. The average molecular weight is 319 g/mol. The van der Waals surface area contributed by atoms with Gasteiger partial charge in [0.25, 0.3) is 0 Å². The minimum absolute atomic E-state index is 0.118. The molecule has 0 unspecified atom stereocenters. The Labute approximate surface area is 136 Å². The van der Waals surface area contributed by atoms with Gasteiger partial charge in [0.2, 0.25) is 0 Å². The normalized spacial score (nSPS) is 11.9. The van der Waals surface area contributed by atoms with E-state index in [4.69, 9.17) is 12.2 Å². The van der Waals surface area contributed by atoms with Crippen LogP contribution in [0, 0.1) is 6.92 Å². The van der Waals surface area contributed by atoms with Gasteiger partial charge in [-0.25, -0.2) is 0 Å². The molecule has 2 aromatic rings. The summed E-state index contributed by atoms with van der Waals surface area (Å²) in [6.45, 7) is 5.21. The maximum atomic E-state index is 5.43. The molecule has 0 saturated carbocycles. The van der Waals surface area contributed by atoms with Crippen molar-refractivity contribution in [1.29, 1.82) is 0 Å². The van der Waals surface area contributed by atoms with Crippen LogP contribution in [0.2, 0.25) is 0 Å². The summed E-state index contributed by atoms with van der Waals surface area (Å²) in [5, 5.41) is 9.55. The van der Waals surface area contributed by atoms with Gasteiger partial charge in [0, 0.05) is 11.4 Å². The van der Waals surface area contributed by atoms with Gasteiger partial charge in [-0.05, 0) is 42.6 Å². The van der Waals surface area contributed by atoms with E-state index >= 15 is 0 Å². The molecule has 0 bridgehead atoms. The van der Waals surface area contributed by atoms with Crippen LogP contribution < -0.4 is 10.6 Å². The molecule has 0 spiro atoms. The first-order valence-corrected chi connectivity index (χ1v) is 8.64. The van der Waals surface area contributed by atoms with E-state index in [2.05, 4.69) is 66.3 Å². The Morgan fingerprint density at radius 3 is 2.62 bits per heavy atom. The van der Waals surface area contributed by atoms with Crippen LogP contribution >= 0.6 is 23.6 Å². The summed E-state index contributed by atoms with van der Waals surface area (Å²) in [6, 6.07) is 13.0. The molecule has 2 N–H and O–H groups in total. The first kappa shape index (κ1) is 16.0. The highest BCUT2D eigenvalue weighted by Gasteiger charge is 2.15. The molecule has 1 heterocycles. The number of hydrogen-bond acceptors (Lipinski definition) is 2. The van der Waals surface area contributed by atoms with Gasteiger partial charge in [-0.3, -0.25) is 0 Å². The second-order valence-corrected chi connectivity index (χ2v) is 6.50. The molecule has 1 aromatic carbocycles. The fourth-order valence-electron chi connectivity index (χ4n) is 2.09. The summed E-state index contributed by atoms with van der Waals surface area (Å²) >= 11 is 7.18. The number of hydrogen-bond donors (Lipinski definition) is 2. The van der Waals surface area contributed by atoms with E-state index in [0.717, 1.165) is 18.1 Å². The van der Waals surface area contributed by atoms with E-state index < -0.39 is 0 Å². The Morgan fingerprint density at radius 2 is 2.00 bits per heavy atom. The van der Waals surface area contributed by atoms with E-state index in [1.807, 2.05) is 0 Å². The third kappa shape index (κ3) is 4.83. The second-order valence-electron chi connectivity index (χ2n) is 5.11. The van der Waals surface area contributed by atoms with Gasteiger partial charge < -0.3 is 10.6 Å². The minimum Gasteiger partial charge on any atom is -0.363 e. The number of aryl methyl sites for hydroxylation is 1. The van der Waals surface area contributed by atoms with Crippen molar-refractivity contribution in [3.05, 3.63) is 57.8 Å². The molecule has 0 amide bonds. The van der Waals surface area contributed by atoms with Crippen molar-refractivity contribution < 1.29 is 0 Å². The Balaban J connectivity index is 2.10. The van der Waals surface area contributed by atoms with Crippen LogP contribution in [0.3, 0.4) is 0 Å². The zero-order valence-corrected chi connectivity index (χ0v) is 14.2. The Morgan fingerprint density at radius 1 is 1.24 bits per heavy atom. The van der Waals surface area contributed by atoms with Gasteiger partial charge in [-0.15, -0.1) is 11.3 Å². The predicted octanol–water partition coefficient (Wildman–Crippen LogP) is 4.41. The van der Waals surface area contributed by atoms with Crippen LogP contribution in [0.5, 0.6) is 0 Å². The van der Waals surface area contributed by atoms with E-state index in [-0.39, 0.29) is 6.04 Å². The molecule has 0 radical (unpaired) electrons. The van der Waals surface area contributed by atoms with Crippen molar-refractivity contribution in [2.45, 2.75) is 32.7 Å². The molecule has 0 aliphatic heterocycles. The summed E-state index contributed by atoms with van der Waals surface area (Å²) in [5.41, 5.74) is 2.51. The van der Waals surface area contributed by atoms with Crippen LogP contribution in [0.15, 0.2) is 41.8 Å². The molecule has 0 aliphatic rings. The molecule has 0 aliphatic carbocycles. The Bertz CT molecular complexity index is 547. The molecular formula is C17H22N2S2. The van der Waals surface area contributed by atoms with Crippen molar-refractivity contribution in [2.24, 2.45) is 0 Å². The monoisotopic (exact) mass is 318 g/mol. The number of rotatable bonds is 6. The summed E-state index contributed by atoms with van der Waals surface area (Å²) in [7, 11) is 0. The lowest BCUT2D eigenvalue weighted by Crippen LogP contribution is -2.38. The Hall–Kier alpha value is -1.39. The van der Waals surface area contributed by atoms with Crippen molar-refractivity contribution in [3.63, 3.8) is 0 Å². The summed E-state index contributed by atoms with van der Waals surface area (Å²) < 4.78 is 0. The predicted molar refractivity (Wildman–Crippen MR) is 96.0 cm³/mol. The molecule has 2 nitrogen and oxygen atoms in total. The average Bonchev–Trinajstić information content (AvgIpc) is 3.00. The van der Waals surface area contributed by atoms with Crippen LogP contribution in [0.25, 0.3) is 0 Å². The lowest BCUT2D eigenvalue weighted by molar-refractivity contribution is 0.713. The largest absolute Gasteiger partial charge is 0.363 e. The van der Waals surface area contributed by atoms with Crippen molar-refractivity contribution in [2.75, 3.05) is 6.54 Å². The number of thiocarbonyl (C=S) groups is 1. The molecule has 1 aromatic heterocycles. The highest BCUT2D eigenvalue weighted by molar-refractivity contribution is 7.80. The van der Waals surface area contributed by atoms with Crippen LogP contribution in [0.4, 0.5) is 0 Å². The SMILES string of the molecule is CCCCNC(=S)N[C@@H](c1ccc(C)cc1)c1cccs1. The van der Waals surface area contributed by atoms with Crippen LogP contribution in [-0.2, 0) is 0 Å². The fraction of sp³-hybridized carbons (Fsp3) is 0.353. The third-order valence-corrected chi connectivity index (χ3v) is 4.53. The van der Waals surface area contributed by atoms with Crippen molar-refractivity contribution in [3.8, 4) is 0 Å². The molecule has 2 rings (SSSR count). The van der Waals surface area contributed by atoms with Gasteiger partial charge in [0.1, 0.15) is 0 Å². The van der Waals surface area contributed by atoms with Gasteiger partial charge in [-0.1, -0.05) is 49.2 Å². The smallest absolute Gasteiger partial charge is 0.167 e. The highest BCUT2D eigenvalue weighted by Crippen LogP contribution is 2.26. The molecule has 4 heteroatoms. The van der Waals surface area contributed by atoms with Gasteiger partial charge in [0.05, 0.1) is 6.04 Å². The fourth-order valence-corrected chi connectivity index (χ4v) is 3.12. The molecule has 112 valence electrons. The third-order valence-electron chi connectivity index (χ3n) is 3.33. The maximum Gasteiger partial charge on any atom is 0.167 e. The van der Waals surface area contributed by atoms with E-state index in [1.165, 1.54) is 22.4 Å². The lowest BCUT2D eigenvalue weighted by Gasteiger charge is -2.20. The molecular weight excluding hydrogens is 296 g/mol. The number of thiophene rings is 1. The number of unbranched alkanes of at least 4 members (excludes halogenated alkanes) is 1. The molecule has 1 atom stereocenters. The standard InChI is InChI=1S/C17H22N2S2/c1-3-4-11-18-17(20)19-16(15-6-5-12-21-15)14-9-7-13(2)8-10-14/h5-10,12,16H,3-4,11H2,1-2H3,(H2,18,19,20)/t16-/m0/s1. The quantitative estimate of drug-likeness (QED) is 0.609. The number of nitrogens with one attached hydrogen (secondary N) is 2. The van der Waals surface area contributed by atoms with Gasteiger partial charge in [-0.2, -0.15) is 0 Å². The van der Waals surface area contributed by atoms with Crippen LogP contribution in [-0.4, -0.2) is 11.7 Å². The summed E-state index contributed by atoms with van der Waals surface area (Å²) in [6.07, 6.45) is 2.30. The van der Waals surface area contributed by atoms with E-state index in [9.17, 15) is 0 Å². The maximum absolute atomic E-state index is 5.43. The summed E-state index contributed by atoms with van der Waals surface area (Å²) in [5.74, 6) is 0. The number of benzene rings is 1. The second kappa shape index (κ2) is 8.15. The van der Waals surface area contributed by atoms with E-state index in [1.54, 1.807) is 11.3 Å². The van der Waals surface area contributed by atoms with Gasteiger partial charge >= 0.3 is 0 Å². The van der Waals surface area contributed by atoms with Gasteiger partial charge in [0.15, 0.2) is 5.11 Å². The zero-order valence-electron chi connectivity index (χ0n) is 12.6. The van der Waals surface area contributed by atoms with Crippen molar-refractivity contribution >= 4 is 28.7 Å².